The number of aromatic nitrogens is 2. The number of methoxy groups -OCH3 is 1. The fourth-order valence-corrected chi connectivity index (χ4v) is 3.19. The Morgan fingerprint density at radius 3 is 2.81 bits per heavy atom. The third-order valence-corrected chi connectivity index (χ3v) is 4.85. The summed E-state index contributed by atoms with van der Waals surface area (Å²) in [5.74, 6) is 0.720. The molecule has 1 aliphatic rings. The Morgan fingerprint density at radius 1 is 1.26 bits per heavy atom. The van der Waals surface area contributed by atoms with E-state index in [2.05, 4.69) is 10.1 Å². The molecule has 2 heterocycles. The average molecular weight is 367 g/mol. The maximum Gasteiger partial charge on any atom is 0.258 e. The number of para-hydroxylation sites is 1. The summed E-state index contributed by atoms with van der Waals surface area (Å²) < 4.78 is 24.4. The molecule has 6 nitrogen and oxygen atoms in total. The molecule has 0 spiro atoms. The van der Waals surface area contributed by atoms with Crippen LogP contribution >= 0.6 is 0 Å². The van der Waals surface area contributed by atoms with Crippen LogP contribution in [0.4, 0.5) is 4.39 Å². The Kier molecular flexibility index (Phi) is 4.35. The molecular formula is C20H18FN3O3. The van der Waals surface area contributed by atoms with Crippen molar-refractivity contribution >= 4 is 5.91 Å². The molecule has 138 valence electrons. The molecule has 27 heavy (non-hydrogen) atoms. The van der Waals surface area contributed by atoms with Crippen LogP contribution in [0.3, 0.4) is 0 Å². The highest BCUT2D eigenvalue weighted by Crippen LogP contribution is 2.36. The second-order valence-electron chi connectivity index (χ2n) is 6.37. The lowest BCUT2D eigenvalue weighted by Gasteiger charge is -2.38. The zero-order valence-corrected chi connectivity index (χ0v) is 15.0. The minimum absolute atomic E-state index is 0.148. The van der Waals surface area contributed by atoms with Gasteiger partial charge in [-0.2, -0.15) is 4.98 Å². The molecule has 1 aromatic heterocycles. The number of hydrogen-bond acceptors (Lipinski definition) is 5. The maximum atomic E-state index is 13.8. The lowest BCUT2D eigenvalue weighted by molar-refractivity contribution is 0.0375. The molecule has 1 atom stereocenters. The van der Waals surface area contributed by atoms with E-state index in [1.54, 1.807) is 42.2 Å². The summed E-state index contributed by atoms with van der Waals surface area (Å²) in [6.07, 6.45) is 0.727. The number of amides is 1. The molecule has 1 fully saturated rings. The summed E-state index contributed by atoms with van der Waals surface area (Å²) in [6, 6.07) is 11.5. The van der Waals surface area contributed by atoms with Crippen LogP contribution in [0.25, 0.3) is 11.4 Å². The zero-order valence-electron chi connectivity index (χ0n) is 15.0. The van der Waals surface area contributed by atoms with Gasteiger partial charge in [0.25, 0.3) is 5.91 Å². The van der Waals surface area contributed by atoms with Crippen LogP contribution in [0.15, 0.2) is 47.0 Å². The van der Waals surface area contributed by atoms with Gasteiger partial charge < -0.3 is 14.2 Å². The SMILES string of the molecule is COc1ccccc1C(=O)N1CC[C@H]1c1nc(-c2cccc(F)c2C)no1. The molecule has 1 aliphatic heterocycles. The number of hydrogen-bond donors (Lipinski definition) is 0. The van der Waals surface area contributed by atoms with Gasteiger partial charge in [0.05, 0.1) is 12.7 Å². The summed E-state index contributed by atoms with van der Waals surface area (Å²) in [6.45, 7) is 2.26. The number of halogens is 1. The van der Waals surface area contributed by atoms with Crippen molar-refractivity contribution in [2.75, 3.05) is 13.7 Å². The highest BCUT2D eigenvalue weighted by Gasteiger charge is 2.38. The third kappa shape index (κ3) is 2.95. The lowest BCUT2D eigenvalue weighted by atomic mass is 10.0. The maximum absolute atomic E-state index is 13.8. The number of ether oxygens (including phenoxy) is 1. The molecule has 4 rings (SSSR count). The first-order chi connectivity index (χ1) is 13.1. The van der Waals surface area contributed by atoms with Gasteiger partial charge in [0.2, 0.25) is 11.7 Å². The molecule has 1 amide bonds. The standard InChI is InChI=1S/C20H18FN3O3/c1-12-13(7-5-8-15(12)21)18-22-19(27-23-18)16-10-11-24(16)20(25)14-6-3-4-9-17(14)26-2/h3-9,16H,10-11H2,1-2H3/t16-/m0/s1. The second-order valence-corrected chi connectivity index (χ2v) is 6.37. The summed E-state index contributed by atoms with van der Waals surface area (Å²) in [5, 5.41) is 3.98. The Bertz CT molecular complexity index is 1000. The van der Waals surface area contributed by atoms with E-state index in [1.165, 1.54) is 13.2 Å². The number of rotatable bonds is 4. The fourth-order valence-electron chi connectivity index (χ4n) is 3.19. The minimum Gasteiger partial charge on any atom is -0.496 e. The molecule has 0 N–H and O–H groups in total. The zero-order chi connectivity index (χ0) is 19.0. The van der Waals surface area contributed by atoms with Crippen molar-refractivity contribution in [1.82, 2.24) is 15.0 Å². The summed E-state index contributed by atoms with van der Waals surface area (Å²) >= 11 is 0. The Hall–Kier alpha value is -3.22. The van der Waals surface area contributed by atoms with Crippen molar-refractivity contribution in [1.29, 1.82) is 0 Å². The van der Waals surface area contributed by atoms with Crippen LogP contribution in [-0.2, 0) is 0 Å². The van der Waals surface area contributed by atoms with Gasteiger partial charge >= 0.3 is 0 Å². The second kappa shape index (κ2) is 6.83. The normalized spacial score (nSPS) is 16.1. The van der Waals surface area contributed by atoms with Crippen molar-refractivity contribution in [3.05, 3.63) is 65.3 Å². The topological polar surface area (TPSA) is 68.5 Å². The van der Waals surface area contributed by atoms with Crippen LogP contribution in [0.2, 0.25) is 0 Å². The predicted molar refractivity (Wildman–Crippen MR) is 95.8 cm³/mol. The van der Waals surface area contributed by atoms with E-state index in [-0.39, 0.29) is 17.8 Å². The van der Waals surface area contributed by atoms with Crippen LogP contribution < -0.4 is 4.74 Å². The van der Waals surface area contributed by atoms with E-state index in [0.717, 1.165) is 6.42 Å². The van der Waals surface area contributed by atoms with Gasteiger partial charge in [0, 0.05) is 12.1 Å². The first-order valence-electron chi connectivity index (χ1n) is 8.63. The quantitative estimate of drug-likeness (QED) is 0.702. The molecule has 0 unspecified atom stereocenters. The number of likely N-dealkylation sites (tertiary alicyclic amines) is 1. The van der Waals surface area contributed by atoms with Gasteiger partial charge in [-0.05, 0) is 37.1 Å². The van der Waals surface area contributed by atoms with Gasteiger partial charge in [-0.25, -0.2) is 4.39 Å². The van der Waals surface area contributed by atoms with Crippen molar-refractivity contribution in [3.63, 3.8) is 0 Å². The highest BCUT2D eigenvalue weighted by atomic mass is 19.1. The Morgan fingerprint density at radius 2 is 2.07 bits per heavy atom. The van der Waals surface area contributed by atoms with E-state index in [9.17, 15) is 9.18 Å². The predicted octanol–water partition coefficient (Wildman–Crippen LogP) is 3.78. The van der Waals surface area contributed by atoms with E-state index in [4.69, 9.17) is 9.26 Å². The monoisotopic (exact) mass is 367 g/mol. The number of carbonyl (C=O) groups is 1. The largest absolute Gasteiger partial charge is 0.496 e. The van der Waals surface area contributed by atoms with Gasteiger partial charge in [-0.15, -0.1) is 0 Å². The summed E-state index contributed by atoms with van der Waals surface area (Å²) in [4.78, 5) is 19.0. The molecule has 0 saturated carbocycles. The first kappa shape index (κ1) is 17.2. The minimum atomic E-state index is -0.324. The molecule has 1 saturated heterocycles. The summed E-state index contributed by atoms with van der Waals surface area (Å²) in [7, 11) is 1.53. The Labute approximate surface area is 155 Å². The van der Waals surface area contributed by atoms with Crippen molar-refractivity contribution < 1.29 is 18.4 Å². The van der Waals surface area contributed by atoms with Gasteiger partial charge in [-0.3, -0.25) is 4.79 Å². The third-order valence-electron chi connectivity index (χ3n) is 4.85. The van der Waals surface area contributed by atoms with Crippen LogP contribution in [0.1, 0.15) is 34.3 Å². The smallest absolute Gasteiger partial charge is 0.258 e. The molecular weight excluding hydrogens is 349 g/mol. The molecule has 0 aliphatic carbocycles. The van der Waals surface area contributed by atoms with E-state index in [0.29, 0.717) is 40.7 Å². The van der Waals surface area contributed by atoms with Crippen molar-refractivity contribution in [2.24, 2.45) is 0 Å². The highest BCUT2D eigenvalue weighted by molar-refractivity contribution is 5.97. The summed E-state index contributed by atoms with van der Waals surface area (Å²) in [5.41, 5.74) is 1.53. The van der Waals surface area contributed by atoms with Crippen LogP contribution in [0, 0.1) is 12.7 Å². The molecule has 0 bridgehead atoms. The average Bonchev–Trinajstić information content (AvgIpc) is 3.12. The van der Waals surface area contributed by atoms with Crippen LogP contribution in [0.5, 0.6) is 5.75 Å². The molecule has 2 aromatic carbocycles. The number of carbonyl (C=O) groups excluding carboxylic acids is 1. The van der Waals surface area contributed by atoms with Crippen molar-refractivity contribution in [3.8, 4) is 17.1 Å². The molecule has 0 radical (unpaired) electrons. The van der Waals surface area contributed by atoms with Gasteiger partial charge in [0.15, 0.2) is 0 Å². The number of nitrogens with zero attached hydrogens (tertiary/aromatic N) is 3. The fraction of sp³-hybridized carbons (Fsp3) is 0.250. The van der Waals surface area contributed by atoms with E-state index in [1.807, 2.05) is 6.07 Å². The lowest BCUT2D eigenvalue weighted by Crippen LogP contribution is -2.45. The Balaban J connectivity index is 1.59. The van der Waals surface area contributed by atoms with Crippen LogP contribution in [-0.4, -0.2) is 34.6 Å². The number of benzene rings is 2. The molecule has 3 aromatic rings. The van der Waals surface area contributed by atoms with Gasteiger partial charge in [0.1, 0.15) is 17.6 Å². The molecule has 7 heteroatoms. The van der Waals surface area contributed by atoms with Crippen molar-refractivity contribution in [2.45, 2.75) is 19.4 Å². The van der Waals surface area contributed by atoms with E-state index < -0.39 is 0 Å². The van der Waals surface area contributed by atoms with Gasteiger partial charge in [-0.1, -0.05) is 29.4 Å². The first-order valence-corrected chi connectivity index (χ1v) is 8.63. The van der Waals surface area contributed by atoms with E-state index >= 15 is 0 Å².